The minimum absolute atomic E-state index is 0. The number of para-hydroxylation sites is 1. The van der Waals surface area contributed by atoms with E-state index in [4.69, 9.17) is 14.7 Å². The minimum atomic E-state index is -0.168. The Hall–Kier alpha value is -6.49. The van der Waals surface area contributed by atoms with Crippen LogP contribution in [-0.4, -0.2) is 14.5 Å². The van der Waals surface area contributed by atoms with Crippen LogP contribution < -0.4 is 14.5 Å². The van der Waals surface area contributed by atoms with Gasteiger partial charge in [0.25, 0.3) is 0 Å². The largest absolute Gasteiger partial charge is 0.509 e. The Morgan fingerprint density at radius 3 is 1.59 bits per heavy atom. The van der Waals surface area contributed by atoms with Gasteiger partial charge in [0.2, 0.25) is 0 Å². The molecule has 7 heteroatoms. The van der Waals surface area contributed by atoms with E-state index in [2.05, 4.69) is 261 Å². The summed E-state index contributed by atoms with van der Waals surface area (Å²) in [6.07, 6.45) is 5.80. The van der Waals surface area contributed by atoms with Crippen molar-refractivity contribution in [3.8, 4) is 39.6 Å². The molecule has 0 atom stereocenters. The van der Waals surface area contributed by atoms with Crippen molar-refractivity contribution in [1.82, 2.24) is 14.5 Å². The predicted octanol–water partition coefficient (Wildman–Crippen LogP) is 19.5. The summed E-state index contributed by atoms with van der Waals surface area (Å²) in [5.74, 6) is 2.01. The minimum Gasteiger partial charge on any atom is -0.509 e. The molecule has 6 nitrogen and oxygen atoms in total. The molecule has 10 rings (SSSR count). The molecule has 0 saturated carbocycles. The molecule has 406 valence electrons. The van der Waals surface area contributed by atoms with Gasteiger partial charge in [-0.25, -0.2) is 4.98 Å². The van der Waals surface area contributed by atoms with Crippen LogP contribution in [0, 0.1) is 18.8 Å². The molecule has 0 bridgehead atoms. The Morgan fingerprint density at radius 2 is 1.01 bits per heavy atom. The molecule has 0 unspecified atom stereocenters. The molecule has 0 N–H and O–H groups in total. The van der Waals surface area contributed by atoms with Gasteiger partial charge in [-0.05, 0) is 119 Å². The zero-order valence-electron chi connectivity index (χ0n) is 49.3. The number of hydrogen-bond acceptors (Lipinski definition) is 5. The summed E-state index contributed by atoms with van der Waals surface area (Å²) < 4.78 is 9.00. The second-order valence-corrected chi connectivity index (χ2v) is 27.5. The maximum absolute atomic E-state index is 6.80. The summed E-state index contributed by atoms with van der Waals surface area (Å²) in [6, 6.07) is 51.9. The van der Waals surface area contributed by atoms with Crippen LogP contribution >= 0.6 is 0 Å². The number of fused-ring (bicyclic) bond motifs is 4. The van der Waals surface area contributed by atoms with Crippen LogP contribution in [0.1, 0.15) is 158 Å². The normalized spacial score (nSPS) is 13.6. The van der Waals surface area contributed by atoms with Crippen molar-refractivity contribution in [2.45, 2.75) is 157 Å². The quantitative estimate of drug-likeness (QED) is 0.149. The van der Waals surface area contributed by atoms with Crippen LogP contribution in [0.2, 0.25) is 0 Å². The van der Waals surface area contributed by atoms with E-state index in [1.165, 1.54) is 55.6 Å². The summed E-state index contributed by atoms with van der Waals surface area (Å²) in [4.78, 5) is 14.4. The number of nitrogens with zero attached hydrogens (tertiary/aromatic N) is 5. The van der Waals surface area contributed by atoms with Crippen molar-refractivity contribution in [3.63, 3.8) is 0 Å². The molecular weight excluding hydrogens is 1130 g/mol. The van der Waals surface area contributed by atoms with Gasteiger partial charge in [0.15, 0.2) is 0 Å². The van der Waals surface area contributed by atoms with E-state index in [-0.39, 0.29) is 53.6 Å². The number of rotatable bonds is 7. The molecule has 9 aromatic rings. The van der Waals surface area contributed by atoms with Crippen molar-refractivity contribution >= 4 is 44.6 Å². The van der Waals surface area contributed by atoms with E-state index in [1.54, 1.807) is 0 Å². The smallest absolute Gasteiger partial charge is 0.135 e. The van der Waals surface area contributed by atoms with Crippen LogP contribution in [0.25, 0.3) is 49.9 Å². The Kier molecular flexibility index (Phi) is 14.4. The van der Waals surface area contributed by atoms with Crippen LogP contribution in [0.5, 0.6) is 11.5 Å². The SMILES string of the molecule is CC(C)(C)c1ccnc(-n2c3[c-]c(Oc4[c-]c(N5[CH-]N(c6c(-c7ccc(C(C)(C)C)cc7C(C)(C)C)cc(C(C)(C)C)cc6-c6ccc(C(C)(C)C)cc6C(C)(C)C)c6cnccc65)ccc4)ccc3c3ccccc32)c1.[Pt]. The summed E-state index contributed by atoms with van der Waals surface area (Å²) in [5, 5.41) is 2.22. The Morgan fingerprint density at radius 1 is 0.449 bits per heavy atom. The summed E-state index contributed by atoms with van der Waals surface area (Å²) in [5.41, 5.74) is 17.8. The molecule has 0 aliphatic carbocycles. The van der Waals surface area contributed by atoms with E-state index < -0.39 is 0 Å². The van der Waals surface area contributed by atoms with E-state index >= 15 is 0 Å². The fraction of sp³-hybridized carbons (Fsp3) is 0.338. The maximum Gasteiger partial charge on any atom is 0.135 e. The molecule has 3 aromatic heterocycles. The van der Waals surface area contributed by atoms with Gasteiger partial charge in [0, 0.05) is 73.0 Å². The fourth-order valence-electron chi connectivity index (χ4n) is 10.8. The summed E-state index contributed by atoms with van der Waals surface area (Å²) in [6.45, 7) is 43.9. The molecule has 0 spiro atoms. The second kappa shape index (κ2) is 20.0. The van der Waals surface area contributed by atoms with Crippen LogP contribution in [0.15, 0.2) is 140 Å². The van der Waals surface area contributed by atoms with Gasteiger partial charge in [0.05, 0.1) is 11.9 Å². The molecule has 0 amide bonds. The topological polar surface area (TPSA) is 46.4 Å². The van der Waals surface area contributed by atoms with Crippen molar-refractivity contribution in [2.75, 3.05) is 9.80 Å². The fourth-order valence-corrected chi connectivity index (χ4v) is 10.8. The van der Waals surface area contributed by atoms with Gasteiger partial charge < -0.3 is 19.1 Å². The van der Waals surface area contributed by atoms with E-state index in [9.17, 15) is 0 Å². The molecule has 6 aromatic carbocycles. The summed E-state index contributed by atoms with van der Waals surface area (Å²) >= 11 is 0. The Labute approximate surface area is 480 Å². The Bertz CT molecular complexity index is 3630. The molecule has 1 aliphatic heterocycles. The van der Waals surface area contributed by atoms with Gasteiger partial charge in [-0.2, -0.15) is 12.1 Å². The average molecular weight is 1210 g/mol. The second-order valence-electron chi connectivity index (χ2n) is 27.5. The van der Waals surface area contributed by atoms with E-state index in [1.807, 2.05) is 36.8 Å². The van der Waals surface area contributed by atoms with Gasteiger partial charge >= 0.3 is 0 Å². The number of benzene rings is 6. The number of hydrogen-bond donors (Lipinski definition) is 0. The predicted molar refractivity (Wildman–Crippen MR) is 325 cm³/mol. The van der Waals surface area contributed by atoms with Crippen LogP contribution in [0.3, 0.4) is 0 Å². The molecule has 0 radical (unpaired) electrons. The van der Waals surface area contributed by atoms with Gasteiger partial charge in [-0.1, -0.05) is 185 Å². The molecule has 78 heavy (non-hydrogen) atoms. The van der Waals surface area contributed by atoms with E-state index in [0.29, 0.717) is 11.5 Å². The number of anilines is 4. The first-order chi connectivity index (χ1) is 36.0. The molecule has 0 saturated heterocycles. The maximum atomic E-state index is 6.80. The van der Waals surface area contributed by atoms with Crippen molar-refractivity contribution < 1.29 is 25.8 Å². The number of ether oxygens (including phenoxy) is 1. The van der Waals surface area contributed by atoms with Gasteiger partial charge in [0.1, 0.15) is 5.82 Å². The first kappa shape index (κ1) is 56.2. The average Bonchev–Trinajstić information content (AvgIpc) is 4.11. The van der Waals surface area contributed by atoms with Crippen molar-refractivity contribution in [3.05, 3.63) is 192 Å². The summed E-state index contributed by atoms with van der Waals surface area (Å²) in [7, 11) is 0. The third-order valence-electron chi connectivity index (χ3n) is 15.3. The zero-order chi connectivity index (χ0) is 55.4. The third-order valence-corrected chi connectivity index (χ3v) is 15.3. The van der Waals surface area contributed by atoms with Crippen LogP contribution in [0.4, 0.5) is 22.7 Å². The standard InChI is InChI=1S/C71H78N5O.Pt/c1-66(2,3)45-26-29-52(58(38-45)70(13,14)15)56-36-48(69(10,11)12)37-57(53-30-27-46(67(4,5)6)39-59(53)71(16,17)18)65(56)75-44-74(61-33-34-72-43-63(61)75)49-22-21-23-50(41-49)77-51-28-31-55-54-24-19-20-25-60(54)76(62(55)42-51)64-40-47(32-35-73-64)68(7,8)9;/h19-40,43-44H,1-18H3;/q-3;. The zero-order valence-corrected chi connectivity index (χ0v) is 51.6. The molecular formula is C71H78N5OPt-3. The third kappa shape index (κ3) is 10.7. The van der Waals surface area contributed by atoms with E-state index in [0.717, 1.165) is 50.4 Å². The first-order valence-corrected chi connectivity index (χ1v) is 27.5. The number of pyridine rings is 2. The monoisotopic (exact) mass is 1210 g/mol. The first-order valence-electron chi connectivity index (χ1n) is 27.5. The molecule has 0 fully saturated rings. The Balaban J connectivity index is 0.00000740. The van der Waals surface area contributed by atoms with Gasteiger partial charge in [-0.3, -0.25) is 4.98 Å². The van der Waals surface area contributed by atoms with Crippen LogP contribution in [-0.2, 0) is 53.6 Å². The molecule has 4 heterocycles. The van der Waals surface area contributed by atoms with Gasteiger partial charge in [-0.15, -0.1) is 48.1 Å². The van der Waals surface area contributed by atoms with Crippen molar-refractivity contribution in [2.24, 2.45) is 0 Å². The van der Waals surface area contributed by atoms with Crippen molar-refractivity contribution in [1.29, 1.82) is 0 Å². The molecule has 1 aliphatic rings. The number of aromatic nitrogens is 3.